The van der Waals surface area contributed by atoms with Crippen molar-refractivity contribution in [2.24, 2.45) is 4.99 Å². The maximum Gasteiger partial charge on any atom is 0.227 e. The number of amides is 1. The van der Waals surface area contributed by atoms with Crippen molar-refractivity contribution in [1.29, 1.82) is 0 Å². The molecule has 0 unspecified atom stereocenters. The molecule has 1 aliphatic rings. The lowest BCUT2D eigenvalue weighted by Gasteiger charge is -2.41. The van der Waals surface area contributed by atoms with Crippen molar-refractivity contribution in [3.8, 4) is 0 Å². The fourth-order valence-corrected chi connectivity index (χ4v) is 3.24. The second-order valence-electron chi connectivity index (χ2n) is 7.68. The molecule has 0 spiro atoms. The summed E-state index contributed by atoms with van der Waals surface area (Å²) >= 11 is 0. The van der Waals surface area contributed by atoms with Gasteiger partial charge in [-0.1, -0.05) is 12.5 Å². The molecule has 1 fully saturated rings. The van der Waals surface area contributed by atoms with Crippen LogP contribution >= 0.6 is 0 Å². The van der Waals surface area contributed by atoms with E-state index in [0.29, 0.717) is 18.8 Å². The average molecular weight is 375 g/mol. The van der Waals surface area contributed by atoms with E-state index in [1.807, 2.05) is 19.1 Å². The van der Waals surface area contributed by atoms with Crippen LogP contribution in [0.15, 0.2) is 23.2 Å². The molecule has 150 valence electrons. The van der Waals surface area contributed by atoms with Gasteiger partial charge in [-0.25, -0.2) is 4.98 Å². The largest absolute Gasteiger partial charge is 0.356 e. The van der Waals surface area contributed by atoms with Crippen LogP contribution < -0.4 is 16.0 Å². The van der Waals surface area contributed by atoms with E-state index in [2.05, 4.69) is 44.7 Å². The van der Waals surface area contributed by atoms with E-state index in [0.717, 1.165) is 31.3 Å². The van der Waals surface area contributed by atoms with Crippen LogP contribution in [0.5, 0.6) is 0 Å². The molecule has 7 heteroatoms. The Hall–Kier alpha value is -2.15. The molecule has 0 bridgehead atoms. The number of rotatable bonds is 7. The zero-order valence-electron chi connectivity index (χ0n) is 17.1. The smallest absolute Gasteiger partial charge is 0.227 e. The molecule has 1 aromatic heterocycles. The number of pyridine rings is 1. The third-order valence-electron chi connectivity index (χ3n) is 4.92. The Labute approximate surface area is 163 Å². The lowest BCUT2D eigenvalue weighted by Crippen LogP contribution is -2.55. The first-order valence-corrected chi connectivity index (χ1v) is 9.84. The van der Waals surface area contributed by atoms with Gasteiger partial charge in [-0.05, 0) is 58.8 Å². The molecule has 2 heterocycles. The Morgan fingerprint density at radius 2 is 1.96 bits per heavy atom. The quantitative estimate of drug-likeness (QED) is 0.503. The van der Waals surface area contributed by atoms with Crippen molar-refractivity contribution in [2.45, 2.75) is 52.0 Å². The lowest BCUT2D eigenvalue weighted by molar-refractivity contribution is -0.116. The van der Waals surface area contributed by atoms with Crippen LogP contribution in [0.4, 0.5) is 5.82 Å². The molecule has 1 saturated heterocycles. The molecule has 2 rings (SSSR count). The number of likely N-dealkylation sites (tertiary alicyclic amines) is 1. The second-order valence-corrected chi connectivity index (χ2v) is 7.68. The Morgan fingerprint density at radius 3 is 2.63 bits per heavy atom. The van der Waals surface area contributed by atoms with E-state index in [1.54, 1.807) is 13.1 Å². The maximum absolute atomic E-state index is 12.1. The van der Waals surface area contributed by atoms with Crippen LogP contribution in [-0.2, 0) is 4.79 Å². The number of carbonyl (C=O) groups excluding carboxylic acids is 1. The van der Waals surface area contributed by atoms with Gasteiger partial charge in [0.1, 0.15) is 5.82 Å². The summed E-state index contributed by atoms with van der Waals surface area (Å²) in [4.78, 5) is 23.1. The van der Waals surface area contributed by atoms with Crippen molar-refractivity contribution < 1.29 is 4.79 Å². The van der Waals surface area contributed by atoms with E-state index >= 15 is 0 Å². The number of aliphatic imine (C=N–C) groups is 1. The number of hydrogen-bond donors (Lipinski definition) is 3. The first kappa shape index (κ1) is 21.2. The Bertz CT molecular complexity index is 637. The highest BCUT2D eigenvalue weighted by Gasteiger charge is 2.27. The van der Waals surface area contributed by atoms with Crippen LogP contribution in [0.25, 0.3) is 0 Å². The first-order valence-electron chi connectivity index (χ1n) is 9.84. The molecule has 1 aromatic rings. The molecule has 0 aliphatic carbocycles. The van der Waals surface area contributed by atoms with Crippen LogP contribution in [-0.4, -0.2) is 60.5 Å². The molecule has 27 heavy (non-hydrogen) atoms. The summed E-state index contributed by atoms with van der Waals surface area (Å²) in [6.07, 6.45) is 4.25. The molecule has 0 radical (unpaired) electrons. The van der Waals surface area contributed by atoms with Crippen LogP contribution in [0.3, 0.4) is 0 Å². The number of aromatic nitrogens is 1. The van der Waals surface area contributed by atoms with Crippen LogP contribution in [0.1, 0.15) is 45.2 Å². The molecular weight excluding hydrogens is 340 g/mol. The first-order chi connectivity index (χ1) is 12.9. The van der Waals surface area contributed by atoms with Crippen molar-refractivity contribution in [3.63, 3.8) is 0 Å². The zero-order valence-corrected chi connectivity index (χ0v) is 17.1. The van der Waals surface area contributed by atoms with Crippen LogP contribution in [0, 0.1) is 6.92 Å². The third kappa shape index (κ3) is 7.17. The van der Waals surface area contributed by atoms with Gasteiger partial charge in [0.25, 0.3) is 0 Å². The van der Waals surface area contributed by atoms with Gasteiger partial charge in [-0.3, -0.25) is 14.7 Å². The summed E-state index contributed by atoms with van der Waals surface area (Å²) < 4.78 is 0. The average Bonchev–Trinajstić information content (AvgIpc) is 2.65. The highest BCUT2D eigenvalue weighted by atomic mass is 16.1. The van der Waals surface area contributed by atoms with Gasteiger partial charge in [0.15, 0.2) is 5.96 Å². The number of nitrogens with zero attached hydrogens (tertiary/aromatic N) is 3. The van der Waals surface area contributed by atoms with E-state index in [4.69, 9.17) is 0 Å². The second kappa shape index (κ2) is 10.3. The number of guanidine groups is 1. The number of aryl methyl sites for hydroxylation is 1. The van der Waals surface area contributed by atoms with Gasteiger partial charge in [0.05, 0.1) is 0 Å². The normalized spacial score (nSPS) is 16.1. The predicted molar refractivity (Wildman–Crippen MR) is 111 cm³/mol. The summed E-state index contributed by atoms with van der Waals surface area (Å²) in [5.74, 6) is 1.25. The third-order valence-corrected chi connectivity index (χ3v) is 4.92. The number of piperidine rings is 1. The van der Waals surface area contributed by atoms with Gasteiger partial charge in [0.2, 0.25) is 5.91 Å². The molecular formula is C20H34N6O. The van der Waals surface area contributed by atoms with Crippen molar-refractivity contribution in [3.05, 3.63) is 23.9 Å². The lowest BCUT2D eigenvalue weighted by atomic mass is 9.98. The van der Waals surface area contributed by atoms with E-state index in [1.165, 1.54) is 19.3 Å². The van der Waals surface area contributed by atoms with E-state index in [9.17, 15) is 4.79 Å². The van der Waals surface area contributed by atoms with Crippen LogP contribution in [0.2, 0.25) is 0 Å². The zero-order chi connectivity index (χ0) is 19.7. The Morgan fingerprint density at radius 1 is 1.22 bits per heavy atom. The molecule has 0 saturated carbocycles. The summed E-state index contributed by atoms with van der Waals surface area (Å²) in [6.45, 7) is 10.1. The number of hydrogen-bond acceptors (Lipinski definition) is 4. The molecule has 3 N–H and O–H groups in total. The fourth-order valence-electron chi connectivity index (χ4n) is 3.24. The highest BCUT2D eigenvalue weighted by Crippen LogP contribution is 2.19. The standard InChI is InChI=1S/C20H34N6O/c1-16-9-8-10-17(24-16)25-18(27)11-12-22-19(21-4)23-15-20(2,3)26-13-6-5-7-14-26/h8-10H,5-7,11-15H2,1-4H3,(H2,21,22,23)(H,24,25,27). The minimum absolute atomic E-state index is 0.0651. The Balaban J connectivity index is 1.71. The molecule has 0 aromatic carbocycles. The molecule has 1 aliphatic heterocycles. The topological polar surface area (TPSA) is 81.6 Å². The minimum Gasteiger partial charge on any atom is -0.356 e. The predicted octanol–water partition coefficient (Wildman–Crippen LogP) is 2.15. The Kier molecular flexibility index (Phi) is 8.03. The summed E-state index contributed by atoms with van der Waals surface area (Å²) in [7, 11) is 1.75. The fraction of sp³-hybridized carbons (Fsp3) is 0.650. The molecule has 7 nitrogen and oxygen atoms in total. The number of anilines is 1. The number of carbonyl (C=O) groups is 1. The summed E-state index contributed by atoms with van der Waals surface area (Å²) in [5.41, 5.74) is 0.957. The van der Waals surface area contributed by atoms with Gasteiger partial charge in [-0.2, -0.15) is 0 Å². The summed E-state index contributed by atoms with van der Waals surface area (Å²) in [6, 6.07) is 5.58. The minimum atomic E-state index is -0.0651. The van der Waals surface area contributed by atoms with Gasteiger partial charge >= 0.3 is 0 Å². The van der Waals surface area contributed by atoms with Crippen molar-refractivity contribution in [2.75, 3.05) is 38.5 Å². The van der Waals surface area contributed by atoms with Gasteiger partial charge < -0.3 is 16.0 Å². The SMILES string of the molecule is CN=C(NCCC(=O)Nc1cccc(C)n1)NCC(C)(C)N1CCCCC1. The molecule has 1 amide bonds. The van der Waals surface area contributed by atoms with Gasteiger partial charge in [0, 0.05) is 37.8 Å². The van der Waals surface area contributed by atoms with Crippen molar-refractivity contribution in [1.82, 2.24) is 20.5 Å². The molecule has 0 atom stereocenters. The maximum atomic E-state index is 12.1. The summed E-state index contributed by atoms with van der Waals surface area (Å²) in [5, 5.41) is 9.42. The number of nitrogens with one attached hydrogen (secondary N) is 3. The van der Waals surface area contributed by atoms with E-state index < -0.39 is 0 Å². The van der Waals surface area contributed by atoms with E-state index in [-0.39, 0.29) is 11.4 Å². The monoisotopic (exact) mass is 374 g/mol. The highest BCUT2D eigenvalue weighted by molar-refractivity contribution is 5.90. The van der Waals surface area contributed by atoms with Crippen molar-refractivity contribution >= 4 is 17.7 Å². The van der Waals surface area contributed by atoms with Gasteiger partial charge in [-0.15, -0.1) is 0 Å².